The molecule has 0 bridgehead atoms. The molecule has 1 aliphatic heterocycles. The smallest absolute Gasteiger partial charge is 0.327 e. The number of carbonyl (C=O) groups is 1. The molecule has 0 aromatic heterocycles. The van der Waals surface area contributed by atoms with Gasteiger partial charge in [-0.05, 0) is 48.4 Å². The van der Waals surface area contributed by atoms with Gasteiger partial charge in [-0.1, -0.05) is 23.4 Å². The summed E-state index contributed by atoms with van der Waals surface area (Å²) in [6.07, 6.45) is -0.471. The molecule has 152 valence electrons. The first-order valence-corrected chi connectivity index (χ1v) is 10.7. The summed E-state index contributed by atoms with van der Waals surface area (Å²) >= 11 is 0. The Bertz CT molecular complexity index is 1050. The Kier molecular flexibility index (Phi) is 4.82. The summed E-state index contributed by atoms with van der Waals surface area (Å²) < 4.78 is 35.4. The monoisotopic (exact) mass is 415 g/mol. The average molecular weight is 415 g/mol. The lowest BCUT2D eigenvalue weighted by molar-refractivity contribution is -0.144. The van der Waals surface area contributed by atoms with Crippen LogP contribution >= 0.6 is 0 Å². The summed E-state index contributed by atoms with van der Waals surface area (Å²) in [5.41, 5.74) is 1.43. The van der Waals surface area contributed by atoms with Crippen LogP contribution in [0.25, 0.3) is 0 Å². The van der Waals surface area contributed by atoms with Gasteiger partial charge in [0.2, 0.25) is 0 Å². The van der Waals surface area contributed by atoms with E-state index in [1.54, 1.807) is 37.4 Å². The maximum atomic E-state index is 13.5. The largest absolute Gasteiger partial charge is 0.497 e. The summed E-state index contributed by atoms with van der Waals surface area (Å²) in [5.74, 6) is -0.402. The molecule has 2 aromatic rings. The summed E-state index contributed by atoms with van der Waals surface area (Å²) in [7, 11) is -1.21. The van der Waals surface area contributed by atoms with Crippen LogP contribution in [0.4, 0.5) is 0 Å². The van der Waals surface area contributed by atoms with Crippen LogP contribution in [-0.2, 0) is 24.2 Å². The fraction of sp³-hybridized carbons (Fsp3) is 0.333. The van der Waals surface area contributed by atoms with E-state index in [0.717, 1.165) is 5.56 Å². The average Bonchev–Trinajstić information content (AvgIpc) is 3.33. The molecule has 4 rings (SSSR count). The van der Waals surface area contributed by atoms with Gasteiger partial charge in [-0.3, -0.25) is 4.79 Å². The fourth-order valence-electron chi connectivity index (χ4n) is 4.15. The lowest BCUT2D eigenvalue weighted by Crippen LogP contribution is -2.46. The van der Waals surface area contributed by atoms with Crippen molar-refractivity contribution in [2.24, 2.45) is 11.1 Å². The molecule has 0 saturated heterocycles. The molecule has 1 saturated carbocycles. The fourth-order valence-corrected chi connectivity index (χ4v) is 6.20. The Hall–Kier alpha value is -2.87. The first-order valence-electron chi connectivity index (χ1n) is 9.19. The highest BCUT2D eigenvalue weighted by molar-refractivity contribution is 7.93. The quantitative estimate of drug-likeness (QED) is 0.697. The molecular weight excluding hydrogens is 394 g/mol. The molecule has 2 aliphatic rings. The van der Waals surface area contributed by atoms with Gasteiger partial charge in [0.1, 0.15) is 11.9 Å². The zero-order chi connectivity index (χ0) is 20.6. The molecule has 7 nitrogen and oxygen atoms in total. The molecule has 2 aromatic carbocycles. The van der Waals surface area contributed by atoms with Crippen molar-refractivity contribution < 1.29 is 27.5 Å². The number of benzene rings is 2. The van der Waals surface area contributed by atoms with Crippen LogP contribution in [0, 0.1) is 5.92 Å². The predicted molar refractivity (Wildman–Crippen MR) is 106 cm³/mol. The molecule has 1 fully saturated rings. The van der Waals surface area contributed by atoms with Crippen LogP contribution in [0.3, 0.4) is 0 Å². The van der Waals surface area contributed by atoms with E-state index >= 15 is 0 Å². The number of ether oxygens (including phenoxy) is 2. The predicted octanol–water partition coefficient (Wildman–Crippen LogP) is 2.59. The van der Waals surface area contributed by atoms with Gasteiger partial charge in [-0.2, -0.15) is 0 Å². The highest BCUT2D eigenvalue weighted by Crippen LogP contribution is 2.49. The summed E-state index contributed by atoms with van der Waals surface area (Å²) in [4.78, 5) is 18.5. The van der Waals surface area contributed by atoms with Crippen molar-refractivity contribution in [2.45, 2.75) is 28.6 Å². The molecule has 0 spiro atoms. The third kappa shape index (κ3) is 2.98. The van der Waals surface area contributed by atoms with Gasteiger partial charge >= 0.3 is 5.97 Å². The van der Waals surface area contributed by atoms with E-state index in [1.165, 1.54) is 19.2 Å². The minimum absolute atomic E-state index is 0.00920. The second-order valence-electron chi connectivity index (χ2n) is 7.17. The third-order valence-electron chi connectivity index (χ3n) is 5.68. The van der Waals surface area contributed by atoms with Gasteiger partial charge < -0.3 is 14.3 Å². The number of hydrogen-bond donors (Lipinski definition) is 0. The van der Waals surface area contributed by atoms with Gasteiger partial charge in [-0.15, -0.1) is 0 Å². The van der Waals surface area contributed by atoms with Gasteiger partial charge in [0.05, 0.1) is 24.8 Å². The second-order valence-corrected chi connectivity index (χ2v) is 9.43. The highest BCUT2D eigenvalue weighted by Gasteiger charge is 2.63. The first-order chi connectivity index (χ1) is 13.9. The lowest BCUT2D eigenvalue weighted by atomic mass is 9.93. The van der Waals surface area contributed by atoms with Crippen molar-refractivity contribution in [1.82, 2.24) is 0 Å². The Labute approximate surface area is 169 Å². The molecule has 0 N–H and O–H groups in total. The topological polar surface area (TPSA) is 91.3 Å². The van der Waals surface area contributed by atoms with E-state index < -0.39 is 26.7 Å². The Morgan fingerprint density at radius 1 is 1.07 bits per heavy atom. The molecule has 0 radical (unpaired) electrons. The van der Waals surface area contributed by atoms with Crippen LogP contribution in [0.15, 0.2) is 64.6 Å². The summed E-state index contributed by atoms with van der Waals surface area (Å²) in [6, 6.07) is 15.3. The minimum atomic E-state index is -4.00. The number of hydrogen-bond acceptors (Lipinski definition) is 7. The van der Waals surface area contributed by atoms with Crippen molar-refractivity contribution in [2.75, 3.05) is 14.2 Å². The molecule has 8 heteroatoms. The molecule has 0 amide bonds. The molecular formula is C21H21NO6S. The van der Waals surface area contributed by atoms with Gasteiger partial charge in [0, 0.05) is 12.3 Å². The van der Waals surface area contributed by atoms with Crippen LogP contribution in [-0.4, -0.2) is 45.2 Å². The Morgan fingerprint density at radius 3 is 2.38 bits per heavy atom. The van der Waals surface area contributed by atoms with Crippen molar-refractivity contribution in [1.29, 1.82) is 0 Å². The molecule has 1 heterocycles. The van der Waals surface area contributed by atoms with Crippen LogP contribution in [0.1, 0.15) is 18.4 Å². The number of sulfone groups is 1. The lowest BCUT2D eigenvalue weighted by Gasteiger charge is -2.26. The summed E-state index contributed by atoms with van der Waals surface area (Å²) in [6.45, 7) is 0. The Balaban J connectivity index is 1.72. The first kappa shape index (κ1) is 19.4. The zero-order valence-corrected chi connectivity index (χ0v) is 16.9. The van der Waals surface area contributed by atoms with Crippen LogP contribution in [0.5, 0.6) is 5.75 Å². The number of rotatable bonds is 5. The molecule has 3 atom stereocenters. The standard InChI is InChI=1S/C21H21NO6S/c1-26-15-10-8-14(9-11-15)19-17-12-21(20(23)27-2,13-18(17)28-22-19)29(24,25)16-6-4-3-5-7-16/h3-11,17-18H,12-13H2,1-2H3/t17-,18+,21-/m1/s1. The third-order valence-corrected chi connectivity index (χ3v) is 8.10. The SMILES string of the molecule is COC(=O)[C@]1(S(=O)(=O)c2ccccc2)C[C@@H]2ON=C(c3ccc(OC)cc3)[C@@H]2C1. The van der Waals surface area contributed by atoms with Crippen molar-refractivity contribution in [3.05, 3.63) is 60.2 Å². The van der Waals surface area contributed by atoms with Crippen molar-refractivity contribution >= 4 is 21.5 Å². The number of esters is 1. The molecule has 29 heavy (non-hydrogen) atoms. The number of nitrogens with zero attached hydrogens (tertiary/aromatic N) is 1. The Morgan fingerprint density at radius 2 is 1.76 bits per heavy atom. The number of fused-ring (bicyclic) bond motifs is 1. The van der Waals surface area contributed by atoms with Crippen LogP contribution in [0.2, 0.25) is 0 Å². The minimum Gasteiger partial charge on any atom is -0.497 e. The zero-order valence-electron chi connectivity index (χ0n) is 16.1. The van der Waals surface area contributed by atoms with E-state index in [9.17, 15) is 13.2 Å². The van der Waals surface area contributed by atoms with Crippen LogP contribution < -0.4 is 4.74 Å². The normalized spacial score (nSPS) is 25.7. The maximum absolute atomic E-state index is 13.5. The van der Waals surface area contributed by atoms with Gasteiger partial charge in [0.15, 0.2) is 14.6 Å². The number of methoxy groups -OCH3 is 2. The van der Waals surface area contributed by atoms with E-state index in [1.807, 2.05) is 12.1 Å². The number of oxime groups is 1. The van der Waals surface area contributed by atoms with E-state index in [-0.39, 0.29) is 23.7 Å². The van der Waals surface area contributed by atoms with E-state index in [4.69, 9.17) is 14.3 Å². The second kappa shape index (κ2) is 7.18. The van der Waals surface area contributed by atoms with Crippen molar-refractivity contribution in [3.8, 4) is 5.75 Å². The number of carbonyl (C=O) groups excluding carboxylic acids is 1. The molecule has 1 aliphatic carbocycles. The van der Waals surface area contributed by atoms with E-state index in [0.29, 0.717) is 11.5 Å². The summed E-state index contributed by atoms with van der Waals surface area (Å²) in [5, 5.41) is 4.18. The maximum Gasteiger partial charge on any atom is 0.327 e. The van der Waals surface area contributed by atoms with Gasteiger partial charge in [-0.25, -0.2) is 8.42 Å². The van der Waals surface area contributed by atoms with Crippen molar-refractivity contribution in [3.63, 3.8) is 0 Å². The molecule has 0 unspecified atom stereocenters. The van der Waals surface area contributed by atoms with E-state index in [2.05, 4.69) is 5.16 Å². The van der Waals surface area contributed by atoms with Gasteiger partial charge in [0.25, 0.3) is 0 Å². The highest BCUT2D eigenvalue weighted by atomic mass is 32.2.